The zero-order valence-electron chi connectivity index (χ0n) is 14.6. The summed E-state index contributed by atoms with van der Waals surface area (Å²) in [4.78, 5) is 5.70. The molecule has 0 saturated heterocycles. The highest BCUT2D eigenvalue weighted by Crippen LogP contribution is 2.35. The number of aromatic nitrogens is 1. The molecule has 5 heteroatoms. The Morgan fingerprint density at radius 3 is 2.63 bits per heavy atom. The first-order valence-corrected chi connectivity index (χ1v) is 9.89. The molecule has 4 rings (SSSR count). The summed E-state index contributed by atoms with van der Waals surface area (Å²) < 4.78 is 31.9. The van der Waals surface area contributed by atoms with Crippen LogP contribution in [0.3, 0.4) is 0 Å². The van der Waals surface area contributed by atoms with E-state index in [0.29, 0.717) is 17.4 Å². The monoisotopic (exact) mass is 379 g/mol. The average Bonchev–Trinajstić information content (AvgIpc) is 2.72. The molecule has 1 atom stereocenters. The van der Waals surface area contributed by atoms with Gasteiger partial charge in [-0.05, 0) is 54.3 Å². The van der Waals surface area contributed by atoms with Gasteiger partial charge in [-0.1, -0.05) is 30.3 Å². The Labute approximate surface area is 160 Å². The Balaban J connectivity index is 1.54. The molecule has 0 amide bonds. The summed E-state index contributed by atoms with van der Waals surface area (Å²) in [7, 11) is 0. The fourth-order valence-corrected chi connectivity index (χ4v) is 4.33. The first kappa shape index (κ1) is 17.8. The number of benzene rings is 2. The number of nitrogens with zero attached hydrogens (tertiary/aromatic N) is 1. The van der Waals surface area contributed by atoms with Crippen molar-refractivity contribution in [3.63, 3.8) is 0 Å². The van der Waals surface area contributed by atoms with Crippen LogP contribution in [0.5, 0.6) is 5.88 Å². The smallest absolute Gasteiger partial charge is 0.213 e. The van der Waals surface area contributed by atoms with Gasteiger partial charge in [-0.25, -0.2) is 9.37 Å². The van der Waals surface area contributed by atoms with Crippen molar-refractivity contribution in [3.05, 3.63) is 95.4 Å². The predicted molar refractivity (Wildman–Crippen MR) is 104 cm³/mol. The lowest BCUT2D eigenvalue weighted by atomic mass is 9.99. The summed E-state index contributed by atoms with van der Waals surface area (Å²) in [5, 5.41) is 0. The van der Waals surface area contributed by atoms with Gasteiger partial charge < -0.3 is 9.29 Å². The molecule has 1 heterocycles. The molecule has 0 aliphatic heterocycles. The van der Waals surface area contributed by atoms with Crippen molar-refractivity contribution in [2.45, 2.75) is 24.3 Å². The summed E-state index contributed by atoms with van der Waals surface area (Å²) >= 11 is -1.37. The standard InChI is InChI=1S/C22H18FNO2S/c23-18-9-11-19(12-10-18)27(25)21-8-4-7-17-13-22(24-14-20(17)21)26-15-16-5-2-1-3-6-16/h1-3,5-6,8-14H,4,7,15H2. The first-order chi connectivity index (χ1) is 13.2. The van der Waals surface area contributed by atoms with Crippen molar-refractivity contribution in [1.82, 2.24) is 4.98 Å². The average molecular weight is 379 g/mol. The molecule has 1 aliphatic carbocycles. The third-order valence-electron chi connectivity index (χ3n) is 4.43. The number of ether oxygens (including phenoxy) is 1. The molecular weight excluding hydrogens is 361 g/mol. The molecule has 0 N–H and O–H groups in total. The molecule has 136 valence electrons. The van der Waals surface area contributed by atoms with Gasteiger partial charge in [-0.3, -0.25) is 0 Å². The summed E-state index contributed by atoms with van der Waals surface area (Å²) in [6.07, 6.45) is 5.36. The highest BCUT2D eigenvalue weighted by atomic mass is 32.2. The minimum atomic E-state index is -1.37. The molecule has 0 saturated carbocycles. The first-order valence-electron chi connectivity index (χ1n) is 8.74. The number of pyridine rings is 1. The van der Waals surface area contributed by atoms with Gasteiger partial charge in [-0.2, -0.15) is 0 Å². The van der Waals surface area contributed by atoms with Gasteiger partial charge in [0.05, 0.1) is 5.56 Å². The van der Waals surface area contributed by atoms with Crippen molar-refractivity contribution in [3.8, 4) is 5.88 Å². The number of fused-ring (bicyclic) bond motifs is 1. The molecule has 3 aromatic rings. The van der Waals surface area contributed by atoms with E-state index in [2.05, 4.69) is 4.98 Å². The summed E-state index contributed by atoms with van der Waals surface area (Å²) in [6, 6.07) is 17.6. The van der Waals surface area contributed by atoms with E-state index in [4.69, 9.17) is 4.74 Å². The van der Waals surface area contributed by atoms with Crippen LogP contribution in [0, 0.1) is 5.82 Å². The molecule has 1 unspecified atom stereocenters. The van der Waals surface area contributed by atoms with Crippen LogP contribution in [-0.2, 0) is 24.2 Å². The lowest BCUT2D eigenvalue weighted by Crippen LogP contribution is -2.11. The van der Waals surface area contributed by atoms with Crippen molar-refractivity contribution in [1.29, 1.82) is 0 Å². The third kappa shape index (κ3) is 4.04. The lowest BCUT2D eigenvalue weighted by Gasteiger charge is -2.20. The van der Waals surface area contributed by atoms with Crippen LogP contribution in [0.4, 0.5) is 4.39 Å². The third-order valence-corrected chi connectivity index (χ3v) is 5.92. The number of hydrogen-bond donors (Lipinski definition) is 0. The number of hydrogen-bond acceptors (Lipinski definition) is 3. The maximum atomic E-state index is 13.1. The van der Waals surface area contributed by atoms with E-state index in [9.17, 15) is 8.94 Å². The zero-order chi connectivity index (χ0) is 18.6. The Bertz CT molecular complexity index is 958. The Morgan fingerprint density at radius 2 is 1.85 bits per heavy atom. The van der Waals surface area contributed by atoms with Gasteiger partial charge >= 0.3 is 0 Å². The van der Waals surface area contributed by atoms with E-state index in [0.717, 1.165) is 34.4 Å². The minimum absolute atomic E-state index is 0.337. The van der Waals surface area contributed by atoms with Gasteiger partial charge in [0.15, 0.2) is 9.80 Å². The number of aryl methyl sites for hydroxylation is 1. The molecule has 0 radical (unpaired) electrons. The molecule has 27 heavy (non-hydrogen) atoms. The second kappa shape index (κ2) is 7.94. The predicted octanol–water partition coefficient (Wildman–Crippen LogP) is 4.89. The topological polar surface area (TPSA) is 45.2 Å². The van der Waals surface area contributed by atoms with Crippen molar-refractivity contribution < 1.29 is 13.7 Å². The fourth-order valence-electron chi connectivity index (χ4n) is 3.04. The van der Waals surface area contributed by atoms with Gasteiger partial charge in [0.2, 0.25) is 5.88 Å². The molecule has 0 bridgehead atoms. The molecular formula is C22H18FNO2S. The molecule has 1 aliphatic rings. The molecule has 0 spiro atoms. The van der Waals surface area contributed by atoms with Crippen LogP contribution in [0.1, 0.15) is 23.1 Å². The maximum Gasteiger partial charge on any atom is 0.213 e. The normalized spacial score (nSPS) is 14.2. The quantitative estimate of drug-likeness (QED) is 0.593. The van der Waals surface area contributed by atoms with Crippen LogP contribution in [0.25, 0.3) is 4.91 Å². The maximum absolute atomic E-state index is 13.1. The second-order valence-corrected chi connectivity index (χ2v) is 7.73. The summed E-state index contributed by atoms with van der Waals surface area (Å²) in [5.74, 6) is 0.224. The molecule has 1 aromatic heterocycles. The second-order valence-electron chi connectivity index (χ2n) is 6.28. The minimum Gasteiger partial charge on any atom is -0.606 e. The van der Waals surface area contributed by atoms with E-state index < -0.39 is 11.2 Å². The van der Waals surface area contributed by atoms with Crippen LogP contribution < -0.4 is 4.74 Å². The van der Waals surface area contributed by atoms with Gasteiger partial charge in [-0.15, -0.1) is 0 Å². The molecule has 3 nitrogen and oxygen atoms in total. The van der Waals surface area contributed by atoms with E-state index in [1.54, 1.807) is 18.3 Å². The fraction of sp³-hybridized carbons (Fsp3) is 0.136. The summed E-state index contributed by atoms with van der Waals surface area (Å²) in [6.45, 7) is 0.455. The Morgan fingerprint density at radius 1 is 1.07 bits per heavy atom. The molecule has 2 aromatic carbocycles. The highest BCUT2D eigenvalue weighted by Gasteiger charge is 2.26. The number of rotatable bonds is 5. The van der Waals surface area contributed by atoms with E-state index in [-0.39, 0.29) is 5.82 Å². The van der Waals surface area contributed by atoms with Crippen LogP contribution in [-0.4, -0.2) is 9.54 Å². The molecule has 0 fully saturated rings. The van der Waals surface area contributed by atoms with Crippen molar-refractivity contribution >= 4 is 16.1 Å². The largest absolute Gasteiger partial charge is 0.606 e. The van der Waals surface area contributed by atoms with Crippen LogP contribution in [0.2, 0.25) is 0 Å². The Hall–Kier alpha value is -2.63. The van der Waals surface area contributed by atoms with Crippen LogP contribution in [0.15, 0.2) is 77.8 Å². The van der Waals surface area contributed by atoms with Gasteiger partial charge in [0.25, 0.3) is 0 Å². The van der Waals surface area contributed by atoms with Gasteiger partial charge in [0.1, 0.15) is 12.4 Å². The zero-order valence-corrected chi connectivity index (χ0v) is 15.4. The highest BCUT2D eigenvalue weighted by molar-refractivity contribution is 8.00. The number of allylic oxidation sites excluding steroid dienone is 1. The van der Waals surface area contributed by atoms with Crippen molar-refractivity contribution in [2.75, 3.05) is 0 Å². The lowest BCUT2D eigenvalue weighted by molar-refractivity contribution is 0.293. The van der Waals surface area contributed by atoms with Crippen molar-refractivity contribution in [2.24, 2.45) is 0 Å². The SMILES string of the molecule is [O-][S+](C1=CCCc2cc(OCc3ccccc3)ncc21)c1ccc(F)cc1. The van der Waals surface area contributed by atoms with E-state index in [1.165, 1.54) is 12.1 Å². The van der Waals surface area contributed by atoms with Crippen LogP contribution >= 0.6 is 0 Å². The van der Waals surface area contributed by atoms with E-state index >= 15 is 0 Å². The summed E-state index contributed by atoms with van der Waals surface area (Å²) in [5.41, 5.74) is 3.02. The van der Waals surface area contributed by atoms with Gasteiger partial charge in [0, 0.05) is 23.4 Å². The number of halogens is 1. The van der Waals surface area contributed by atoms with E-state index in [1.807, 2.05) is 42.5 Å². The Kier molecular flexibility index (Phi) is 5.23.